The molecule has 6 aromatic carbocycles. The van der Waals surface area contributed by atoms with Crippen LogP contribution in [0.15, 0.2) is 109 Å². The molecule has 4 fully saturated rings. The molecule has 7 aliphatic rings. The molecule has 16 heteroatoms. The van der Waals surface area contributed by atoms with Gasteiger partial charge >= 0.3 is 0 Å². The normalized spacial score (nSPS) is 27.5. The van der Waals surface area contributed by atoms with Crippen molar-refractivity contribution < 1.29 is 60.3 Å². The maximum absolute atomic E-state index is 15.0. The molecule has 0 aromatic heterocycles. The van der Waals surface area contributed by atoms with Gasteiger partial charge in [-0.15, -0.1) is 0 Å². The molecule has 0 bridgehead atoms. The largest absolute Gasteiger partial charge is 0.490 e. The quantitative estimate of drug-likeness (QED) is 0.110. The summed E-state index contributed by atoms with van der Waals surface area (Å²) in [5.74, 6) is -3.44. The van der Waals surface area contributed by atoms with Crippen molar-refractivity contribution in [1.82, 2.24) is 0 Å². The summed E-state index contributed by atoms with van der Waals surface area (Å²) in [5.41, 5.74) is 2.12. The van der Waals surface area contributed by atoms with E-state index in [0.29, 0.717) is 51.9 Å². The van der Waals surface area contributed by atoms with Crippen molar-refractivity contribution in [2.24, 2.45) is 35.5 Å². The predicted octanol–water partition coefficient (Wildman–Crippen LogP) is 16.5. The Balaban J connectivity index is 0.000000136. The highest BCUT2D eigenvalue weighted by Gasteiger charge is 2.56. The Kier molecular flexibility index (Phi) is 19.9. The van der Waals surface area contributed by atoms with Crippen molar-refractivity contribution in [3.63, 3.8) is 0 Å². The highest BCUT2D eigenvalue weighted by Crippen LogP contribution is 2.59. The number of ether oxygens (including phenoxy) is 4. The Bertz CT molecular complexity index is 3130. The van der Waals surface area contributed by atoms with E-state index in [1.54, 1.807) is 26.0 Å². The highest BCUT2D eigenvalue weighted by molar-refractivity contribution is 6.31. The van der Waals surface area contributed by atoms with Gasteiger partial charge in [-0.2, -0.15) is 0 Å². The van der Waals surface area contributed by atoms with Crippen LogP contribution >= 0.6 is 34.8 Å². The standard InChI is InChI=1S/2C22H23ClF2O2.C21H19ClF2O2.C4H8O/c2*1-13(26)16-3-2-10-22(11-14-4-6-15(23)7-5-14)17(16)12-27-21-19(25)9-8-18(24)20(21)22;22-15-5-3-13(4-6-15)10-21-9-1-2-14(11-25)16(21)12-26-20-18(24)8-7-17(23)19(20)21;1-2-4-5-3-1/h2*4-9,13,16-17,26H,2-3,10-12H2,1H3;3-8,11,14,16H,1-2,9-10,12H2;1-4H2/t13-,16+,17?,22+;13-,16-,17?,22-;14-,16?,21-;/m100./s1. The van der Waals surface area contributed by atoms with E-state index in [0.717, 1.165) is 112 Å². The van der Waals surface area contributed by atoms with Gasteiger partial charge in [0.2, 0.25) is 0 Å². The van der Waals surface area contributed by atoms with Crippen LogP contribution in [0.5, 0.6) is 17.2 Å². The van der Waals surface area contributed by atoms with E-state index in [-0.39, 0.29) is 78.1 Å². The monoisotopic (exact) mass is 1230 g/mol. The molecular formula is C69H73Cl3F6O7. The molecule has 3 unspecified atom stereocenters. The van der Waals surface area contributed by atoms with Gasteiger partial charge in [-0.05, 0) is 186 Å². The predicted molar refractivity (Wildman–Crippen MR) is 318 cm³/mol. The third-order valence-corrected chi connectivity index (χ3v) is 20.3. The van der Waals surface area contributed by atoms with E-state index < -0.39 is 63.4 Å². The van der Waals surface area contributed by atoms with Gasteiger partial charge in [-0.3, -0.25) is 0 Å². The summed E-state index contributed by atoms with van der Waals surface area (Å²) in [6.07, 6.45) is 11.3. The van der Waals surface area contributed by atoms with Gasteiger partial charge in [0.15, 0.2) is 34.7 Å². The van der Waals surface area contributed by atoms with Crippen LogP contribution in [0.4, 0.5) is 26.3 Å². The zero-order valence-corrected chi connectivity index (χ0v) is 50.1. The Labute approximate surface area is 509 Å². The fraction of sp³-hybridized carbons (Fsp3) is 0.464. The van der Waals surface area contributed by atoms with Crippen LogP contribution in [0.25, 0.3) is 0 Å². The first-order valence-corrected chi connectivity index (χ1v) is 31.0. The minimum atomic E-state index is -0.655. The van der Waals surface area contributed by atoms with Gasteiger partial charge in [0, 0.05) is 84.9 Å². The lowest BCUT2D eigenvalue weighted by Gasteiger charge is -2.52. The van der Waals surface area contributed by atoms with E-state index in [1.165, 1.54) is 25.0 Å². The molecule has 0 spiro atoms. The van der Waals surface area contributed by atoms with Crippen molar-refractivity contribution in [2.45, 2.75) is 132 Å². The number of aliphatic hydroxyl groups excluding tert-OH is 2. The van der Waals surface area contributed by atoms with Gasteiger partial charge in [0.1, 0.15) is 23.7 Å². The summed E-state index contributed by atoms with van der Waals surface area (Å²) in [7, 11) is 0. The van der Waals surface area contributed by atoms with Crippen molar-refractivity contribution in [1.29, 1.82) is 0 Å². The molecule has 6 aromatic rings. The molecule has 0 amide bonds. The highest BCUT2D eigenvalue weighted by atomic mass is 35.5. The number of aliphatic hydroxyl groups is 2. The first kappa shape index (κ1) is 62.8. The number of benzene rings is 6. The number of aldehydes is 1. The molecule has 454 valence electrons. The molecule has 2 N–H and O–H groups in total. The maximum atomic E-state index is 15.0. The molecule has 3 saturated carbocycles. The SMILES string of the molecule is C1CCOC1.C[C@@H](O)[C@@H]1CCC[C@@]2(Cc3ccc(Cl)cc3)c3c(F)ccc(F)c3OCC12.C[C@H](O)[C@@H]1CCC[C@@]2(Cc3ccc(Cl)cc3)c3c(F)ccc(F)c3OCC12.O=C[C@@H]1CCC[C@@]2(Cc3ccc(Cl)cc3)c3c(F)ccc(F)c3OCC12. The topological polar surface area (TPSA) is 94.5 Å². The molecule has 13 rings (SSSR count). The van der Waals surface area contributed by atoms with Crippen molar-refractivity contribution in [3.8, 4) is 17.2 Å². The van der Waals surface area contributed by atoms with Crippen LogP contribution in [0, 0.1) is 70.4 Å². The fourth-order valence-electron chi connectivity index (χ4n) is 15.7. The van der Waals surface area contributed by atoms with E-state index in [2.05, 4.69) is 0 Å². The molecule has 11 atom stereocenters. The maximum Gasteiger partial charge on any atom is 0.165 e. The van der Waals surface area contributed by atoms with Crippen molar-refractivity contribution in [2.75, 3.05) is 33.0 Å². The van der Waals surface area contributed by atoms with Gasteiger partial charge in [-0.25, -0.2) is 26.3 Å². The summed E-state index contributed by atoms with van der Waals surface area (Å²) in [4.78, 5) is 11.7. The smallest absolute Gasteiger partial charge is 0.165 e. The number of halogens is 9. The summed E-state index contributed by atoms with van der Waals surface area (Å²) >= 11 is 18.0. The lowest BCUT2D eigenvalue weighted by atomic mass is 9.54. The number of hydrogen-bond donors (Lipinski definition) is 2. The van der Waals surface area contributed by atoms with E-state index in [9.17, 15) is 32.6 Å². The summed E-state index contributed by atoms with van der Waals surface area (Å²) in [5, 5.41) is 22.6. The first-order valence-electron chi connectivity index (χ1n) is 29.9. The second-order valence-corrected chi connectivity index (χ2v) is 25.7. The van der Waals surface area contributed by atoms with E-state index in [4.69, 9.17) is 53.8 Å². The molecule has 7 nitrogen and oxygen atoms in total. The molecule has 85 heavy (non-hydrogen) atoms. The number of hydrogen-bond acceptors (Lipinski definition) is 7. The zero-order chi connectivity index (χ0) is 60.2. The zero-order valence-electron chi connectivity index (χ0n) is 47.9. The summed E-state index contributed by atoms with van der Waals surface area (Å²) in [6.45, 7) is 6.36. The van der Waals surface area contributed by atoms with Crippen LogP contribution in [0.2, 0.25) is 15.1 Å². The Morgan fingerprint density at radius 3 is 1.07 bits per heavy atom. The van der Waals surface area contributed by atoms with Crippen molar-refractivity contribution in [3.05, 3.63) is 193 Å². The molecule has 1 saturated heterocycles. The average Bonchev–Trinajstić information content (AvgIpc) is 1.64. The molecule has 3 aliphatic carbocycles. The van der Waals surface area contributed by atoms with E-state index in [1.807, 2.05) is 60.7 Å². The third kappa shape index (κ3) is 12.9. The number of rotatable bonds is 9. The lowest BCUT2D eigenvalue weighted by Crippen LogP contribution is -2.53. The van der Waals surface area contributed by atoms with Gasteiger partial charge < -0.3 is 34.0 Å². The number of carbonyl (C=O) groups excluding carboxylic acids is 1. The Morgan fingerprint density at radius 1 is 0.459 bits per heavy atom. The molecular weight excluding hydrogens is 1160 g/mol. The molecule has 4 aliphatic heterocycles. The number of fused-ring (bicyclic) bond motifs is 9. The fourth-order valence-corrected chi connectivity index (χ4v) is 16.1. The second-order valence-electron chi connectivity index (χ2n) is 24.4. The molecule has 0 radical (unpaired) electrons. The lowest BCUT2D eigenvalue weighted by molar-refractivity contribution is -0.116. The third-order valence-electron chi connectivity index (χ3n) is 19.6. The Hall–Kier alpha value is -5.28. The average molecular weight is 1230 g/mol. The van der Waals surface area contributed by atoms with Gasteiger partial charge in [0.05, 0.1) is 32.0 Å². The Morgan fingerprint density at radius 2 is 0.765 bits per heavy atom. The van der Waals surface area contributed by atoms with Crippen LogP contribution in [0.1, 0.15) is 118 Å². The molecule has 4 heterocycles. The van der Waals surface area contributed by atoms with Gasteiger partial charge in [0.25, 0.3) is 0 Å². The van der Waals surface area contributed by atoms with Crippen LogP contribution in [-0.2, 0) is 45.0 Å². The van der Waals surface area contributed by atoms with Crippen LogP contribution in [0.3, 0.4) is 0 Å². The minimum Gasteiger partial charge on any atom is -0.490 e. The van der Waals surface area contributed by atoms with Gasteiger partial charge in [-0.1, -0.05) is 90.5 Å². The van der Waals surface area contributed by atoms with Crippen molar-refractivity contribution >= 4 is 41.1 Å². The van der Waals surface area contributed by atoms with E-state index >= 15 is 8.78 Å². The van der Waals surface area contributed by atoms with Crippen LogP contribution in [-0.4, -0.2) is 61.7 Å². The number of carbonyl (C=O) groups is 1. The second kappa shape index (κ2) is 27.0. The summed E-state index contributed by atoms with van der Waals surface area (Å²) in [6, 6.07) is 29.3. The minimum absolute atomic E-state index is 0.00163. The van der Waals surface area contributed by atoms with Crippen LogP contribution < -0.4 is 14.2 Å². The summed E-state index contributed by atoms with van der Waals surface area (Å²) < 4.78 is 110. The first-order chi connectivity index (χ1) is 40.9.